The average molecular weight is 403 g/mol. The summed E-state index contributed by atoms with van der Waals surface area (Å²) in [5.74, 6) is 0.540. The molecule has 2 aromatic heterocycles. The molecule has 0 spiro atoms. The maximum atomic E-state index is 13.0. The molecule has 0 aliphatic heterocycles. The summed E-state index contributed by atoms with van der Waals surface area (Å²) in [5.41, 5.74) is 4.34. The van der Waals surface area contributed by atoms with Gasteiger partial charge in [0.05, 0.1) is 29.7 Å². The molecule has 2 heterocycles. The first kappa shape index (κ1) is 19.4. The number of carbonyl (C=O) groups is 1. The number of aryl methyl sites for hydroxylation is 1. The van der Waals surface area contributed by atoms with E-state index in [1.807, 2.05) is 0 Å². The van der Waals surface area contributed by atoms with Crippen LogP contribution in [0.15, 0.2) is 11.7 Å². The van der Waals surface area contributed by atoms with Gasteiger partial charge in [0.25, 0.3) is 5.91 Å². The summed E-state index contributed by atoms with van der Waals surface area (Å²) >= 11 is 1.50. The van der Waals surface area contributed by atoms with Gasteiger partial charge in [-0.3, -0.25) is 9.78 Å². The van der Waals surface area contributed by atoms with E-state index < -0.39 is 0 Å². The molecule has 8 heteroatoms. The summed E-state index contributed by atoms with van der Waals surface area (Å²) in [4.78, 5) is 27.3. The first-order valence-corrected chi connectivity index (χ1v) is 10.8. The molecule has 0 radical (unpaired) electrons. The van der Waals surface area contributed by atoms with Crippen molar-refractivity contribution in [3.63, 3.8) is 0 Å². The van der Waals surface area contributed by atoms with E-state index >= 15 is 0 Å². The van der Waals surface area contributed by atoms with Gasteiger partial charge in [-0.2, -0.15) is 0 Å². The second-order valence-electron chi connectivity index (χ2n) is 7.35. The molecular weight excluding hydrogens is 376 g/mol. The van der Waals surface area contributed by atoms with Gasteiger partial charge in [-0.15, -0.1) is 11.3 Å². The average Bonchev–Trinajstić information content (AvgIpc) is 3.40. The van der Waals surface area contributed by atoms with Crippen molar-refractivity contribution in [1.29, 1.82) is 0 Å². The van der Waals surface area contributed by atoms with E-state index in [0.29, 0.717) is 24.7 Å². The number of fused-ring (bicyclic) bond motifs is 1. The Hall–Kier alpha value is -1.90. The van der Waals surface area contributed by atoms with Crippen molar-refractivity contribution in [2.75, 3.05) is 20.3 Å². The highest BCUT2D eigenvalue weighted by Crippen LogP contribution is 2.28. The fourth-order valence-corrected chi connectivity index (χ4v) is 4.54. The summed E-state index contributed by atoms with van der Waals surface area (Å²) in [6.45, 7) is 1.25. The molecule has 4 rings (SSSR count). The van der Waals surface area contributed by atoms with E-state index in [4.69, 9.17) is 9.47 Å². The topological polar surface area (TPSA) is 86.2 Å². The standard InChI is InChI=1S/C20H26N4O3S/c1-26-9-10-27-14-7-5-13(6-8-14)22-20(25)18-15-3-2-4-16(15)23-19(24-18)17-11-21-12-28-17/h11-14H,2-10H2,1H3,(H,22,25)/t13-,14-. The Balaban J connectivity index is 1.41. The lowest BCUT2D eigenvalue weighted by atomic mass is 9.92. The SMILES string of the molecule is COCCO[C@H]1CC[C@H](NC(=O)c2nc(-c3cncs3)nc3c2CCC3)CC1. The van der Waals surface area contributed by atoms with Gasteiger partial charge >= 0.3 is 0 Å². The largest absolute Gasteiger partial charge is 0.382 e. The van der Waals surface area contributed by atoms with Crippen molar-refractivity contribution >= 4 is 17.2 Å². The fourth-order valence-electron chi connectivity index (χ4n) is 3.98. The van der Waals surface area contributed by atoms with Crippen LogP contribution in [0.3, 0.4) is 0 Å². The maximum Gasteiger partial charge on any atom is 0.270 e. The van der Waals surface area contributed by atoms with Gasteiger partial charge in [0, 0.05) is 30.6 Å². The zero-order chi connectivity index (χ0) is 19.3. The second kappa shape index (κ2) is 9.07. The van der Waals surface area contributed by atoms with Gasteiger partial charge < -0.3 is 14.8 Å². The molecule has 2 aliphatic rings. The van der Waals surface area contributed by atoms with E-state index in [1.165, 1.54) is 11.3 Å². The summed E-state index contributed by atoms with van der Waals surface area (Å²) in [5, 5.41) is 3.20. The maximum absolute atomic E-state index is 13.0. The normalized spacial score (nSPS) is 21.5. The summed E-state index contributed by atoms with van der Waals surface area (Å²) < 4.78 is 10.8. The van der Waals surface area contributed by atoms with Crippen molar-refractivity contribution in [3.8, 4) is 10.7 Å². The van der Waals surface area contributed by atoms with E-state index in [2.05, 4.69) is 20.3 Å². The van der Waals surface area contributed by atoms with Crippen molar-refractivity contribution in [3.05, 3.63) is 28.7 Å². The lowest BCUT2D eigenvalue weighted by Crippen LogP contribution is -2.40. The molecule has 28 heavy (non-hydrogen) atoms. The monoisotopic (exact) mass is 402 g/mol. The zero-order valence-electron chi connectivity index (χ0n) is 16.1. The minimum absolute atomic E-state index is 0.0740. The molecule has 1 amide bonds. The minimum atomic E-state index is -0.0740. The quantitative estimate of drug-likeness (QED) is 0.717. The molecule has 0 atom stereocenters. The number of rotatable bonds is 7. The molecule has 0 saturated heterocycles. The number of amides is 1. The van der Waals surface area contributed by atoms with Gasteiger partial charge in [0.15, 0.2) is 5.82 Å². The number of hydrogen-bond acceptors (Lipinski definition) is 7. The molecule has 7 nitrogen and oxygen atoms in total. The number of nitrogens with one attached hydrogen (secondary N) is 1. The van der Waals surface area contributed by atoms with Crippen molar-refractivity contribution in [1.82, 2.24) is 20.3 Å². The molecule has 1 fully saturated rings. The Morgan fingerprint density at radius 1 is 1.21 bits per heavy atom. The Labute approximate surface area is 168 Å². The summed E-state index contributed by atoms with van der Waals surface area (Å²) in [7, 11) is 1.68. The van der Waals surface area contributed by atoms with Gasteiger partial charge in [0.1, 0.15) is 5.69 Å². The van der Waals surface area contributed by atoms with E-state index in [-0.39, 0.29) is 18.1 Å². The van der Waals surface area contributed by atoms with Crippen molar-refractivity contribution in [2.24, 2.45) is 0 Å². The van der Waals surface area contributed by atoms with Crippen LogP contribution in [0, 0.1) is 0 Å². The number of aromatic nitrogens is 3. The molecule has 2 aliphatic carbocycles. The second-order valence-corrected chi connectivity index (χ2v) is 8.24. The van der Waals surface area contributed by atoms with Crippen LogP contribution in [-0.4, -0.2) is 53.3 Å². The molecule has 0 aromatic carbocycles. The third kappa shape index (κ3) is 4.39. The van der Waals surface area contributed by atoms with Gasteiger partial charge in [-0.1, -0.05) is 0 Å². The highest BCUT2D eigenvalue weighted by atomic mass is 32.1. The zero-order valence-corrected chi connectivity index (χ0v) is 17.0. The van der Waals surface area contributed by atoms with Gasteiger partial charge in [-0.05, 0) is 44.9 Å². The Morgan fingerprint density at radius 3 is 2.82 bits per heavy atom. The van der Waals surface area contributed by atoms with E-state index in [9.17, 15) is 4.79 Å². The third-order valence-electron chi connectivity index (χ3n) is 5.45. The van der Waals surface area contributed by atoms with E-state index in [1.54, 1.807) is 18.8 Å². The molecule has 0 unspecified atom stereocenters. The molecule has 1 N–H and O–H groups in total. The fraction of sp³-hybridized carbons (Fsp3) is 0.600. The number of ether oxygens (including phenoxy) is 2. The van der Waals surface area contributed by atoms with Crippen LogP contribution in [0.5, 0.6) is 0 Å². The highest BCUT2D eigenvalue weighted by Gasteiger charge is 2.27. The summed E-state index contributed by atoms with van der Waals surface area (Å²) in [6, 6.07) is 0.175. The predicted octanol–water partition coefficient (Wildman–Crippen LogP) is 2.79. The van der Waals surface area contributed by atoms with Crippen LogP contribution in [0.4, 0.5) is 0 Å². The molecule has 2 aromatic rings. The Morgan fingerprint density at radius 2 is 2.07 bits per heavy atom. The number of nitrogens with zero attached hydrogens (tertiary/aromatic N) is 3. The van der Waals surface area contributed by atoms with Crippen molar-refractivity contribution < 1.29 is 14.3 Å². The van der Waals surface area contributed by atoms with Crippen molar-refractivity contribution in [2.45, 2.75) is 57.1 Å². The number of carbonyl (C=O) groups excluding carboxylic acids is 1. The number of hydrogen-bond donors (Lipinski definition) is 1. The van der Waals surface area contributed by atoms with Crippen LogP contribution < -0.4 is 5.32 Å². The minimum Gasteiger partial charge on any atom is -0.382 e. The predicted molar refractivity (Wildman–Crippen MR) is 107 cm³/mol. The number of thiazole rings is 1. The lowest BCUT2D eigenvalue weighted by Gasteiger charge is -2.29. The van der Waals surface area contributed by atoms with Crippen LogP contribution in [0.1, 0.15) is 53.8 Å². The summed E-state index contributed by atoms with van der Waals surface area (Å²) in [6.07, 6.45) is 8.62. The van der Waals surface area contributed by atoms with Crippen LogP contribution in [0.2, 0.25) is 0 Å². The Kier molecular flexibility index (Phi) is 6.29. The van der Waals surface area contributed by atoms with Gasteiger partial charge in [0.2, 0.25) is 0 Å². The lowest BCUT2D eigenvalue weighted by molar-refractivity contribution is -0.00409. The van der Waals surface area contributed by atoms with Crippen LogP contribution in [-0.2, 0) is 22.3 Å². The van der Waals surface area contributed by atoms with Crippen LogP contribution >= 0.6 is 11.3 Å². The smallest absolute Gasteiger partial charge is 0.270 e. The molecule has 1 saturated carbocycles. The highest BCUT2D eigenvalue weighted by molar-refractivity contribution is 7.13. The van der Waals surface area contributed by atoms with Gasteiger partial charge in [-0.25, -0.2) is 9.97 Å². The molecular formula is C20H26N4O3S. The van der Waals surface area contributed by atoms with Crippen LogP contribution in [0.25, 0.3) is 10.7 Å². The number of methoxy groups -OCH3 is 1. The third-order valence-corrected chi connectivity index (χ3v) is 6.22. The molecule has 0 bridgehead atoms. The first-order valence-electron chi connectivity index (χ1n) is 9.94. The Bertz CT molecular complexity index is 804. The van der Waals surface area contributed by atoms with E-state index in [0.717, 1.165) is 61.1 Å². The first-order chi connectivity index (χ1) is 13.7. The molecule has 150 valence electrons.